The smallest absolute Gasteiger partial charge is 0.310 e. The average Bonchev–Trinajstić information content (AvgIpc) is 2.88. The lowest BCUT2D eigenvalue weighted by atomic mass is 9.82. The molecule has 5 heteroatoms. The van der Waals surface area contributed by atoms with Crippen LogP contribution in [0.25, 0.3) is 0 Å². The first-order valence-electron chi connectivity index (χ1n) is 7.70. The Kier molecular flexibility index (Phi) is 5.02. The van der Waals surface area contributed by atoms with Crippen LogP contribution in [0.2, 0.25) is 0 Å². The highest BCUT2D eigenvalue weighted by Crippen LogP contribution is 2.41. The summed E-state index contributed by atoms with van der Waals surface area (Å²) in [6.07, 6.45) is 6.45. The number of nitrogens with one attached hydrogen (secondary N) is 1. The molecular formula is C15H25NO4. The predicted octanol–water partition coefficient (Wildman–Crippen LogP) is 1.69. The number of aliphatic carboxylic acids is 1. The molecule has 1 amide bonds. The first-order chi connectivity index (χ1) is 9.52. The summed E-state index contributed by atoms with van der Waals surface area (Å²) in [4.78, 5) is 23.4. The van der Waals surface area contributed by atoms with Gasteiger partial charge in [0.25, 0.3) is 0 Å². The van der Waals surface area contributed by atoms with Gasteiger partial charge in [-0.2, -0.15) is 0 Å². The van der Waals surface area contributed by atoms with Crippen LogP contribution in [0.3, 0.4) is 0 Å². The van der Waals surface area contributed by atoms with Gasteiger partial charge in [0.15, 0.2) is 0 Å². The Morgan fingerprint density at radius 1 is 1.10 bits per heavy atom. The standard InChI is InChI=1S/C15H25NO4/c17-12-5-3-11(4-6-12)10-16-13(18)9-15(14(19)20)7-1-2-8-15/h11-12,17H,1-10H2,(H,16,18)(H,19,20). The van der Waals surface area contributed by atoms with E-state index in [0.29, 0.717) is 25.3 Å². The fourth-order valence-electron chi connectivity index (χ4n) is 3.50. The number of hydrogen-bond donors (Lipinski definition) is 3. The van der Waals surface area contributed by atoms with Crippen LogP contribution in [0, 0.1) is 11.3 Å². The largest absolute Gasteiger partial charge is 0.481 e. The summed E-state index contributed by atoms with van der Waals surface area (Å²) >= 11 is 0. The van der Waals surface area contributed by atoms with Gasteiger partial charge < -0.3 is 15.5 Å². The van der Waals surface area contributed by atoms with Gasteiger partial charge >= 0.3 is 5.97 Å². The van der Waals surface area contributed by atoms with Crippen molar-refractivity contribution in [3.63, 3.8) is 0 Å². The van der Waals surface area contributed by atoms with Crippen LogP contribution >= 0.6 is 0 Å². The lowest BCUT2D eigenvalue weighted by Gasteiger charge is -2.27. The highest BCUT2D eigenvalue weighted by molar-refractivity contribution is 5.85. The van der Waals surface area contributed by atoms with E-state index in [4.69, 9.17) is 0 Å². The van der Waals surface area contributed by atoms with Gasteiger partial charge in [-0.15, -0.1) is 0 Å². The molecule has 2 aliphatic rings. The molecule has 2 aliphatic carbocycles. The van der Waals surface area contributed by atoms with E-state index in [-0.39, 0.29) is 18.4 Å². The van der Waals surface area contributed by atoms with Crippen molar-refractivity contribution in [1.29, 1.82) is 0 Å². The maximum Gasteiger partial charge on any atom is 0.310 e. The molecule has 3 N–H and O–H groups in total. The van der Waals surface area contributed by atoms with Gasteiger partial charge in [0.05, 0.1) is 11.5 Å². The molecule has 5 nitrogen and oxygen atoms in total. The Morgan fingerprint density at radius 3 is 2.25 bits per heavy atom. The summed E-state index contributed by atoms with van der Waals surface area (Å²) in [5.41, 5.74) is -0.827. The second-order valence-corrected chi connectivity index (χ2v) is 6.45. The highest BCUT2D eigenvalue weighted by Gasteiger charge is 2.42. The Morgan fingerprint density at radius 2 is 1.70 bits per heavy atom. The lowest BCUT2D eigenvalue weighted by Crippen LogP contribution is -2.38. The van der Waals surface area contributed by atoms with Gasteiger partial charge in [0.1, 0.15) is 0 Å². The van der Waals surface area contributed by atoms with Crippen LogP contribution in [-0.2, 0) is 9.59 Å². The van der Waals surface area contributed by atoms with Gasteiger partial charge in [-0.05, 0) is 44.4 Å². The van der Waals surface area contributed by atoms with E-state index >= 15 is 0 Å². The minimum absolute atomic E-state index is 0.109. The number of hydrogen-bond acceptors (Lipinski definition) is 3. The third-order valence-electron chi connectivity index (χ3n) is 4.92. The van der Waals surface area contributed by atoms with Gasteiger partial charge in [0, 0.05) is 13.0 Å². The first-order valence-corrected chi connectivity index (χ1v) is 7.70. The summed E-state index contributed by atoms with van der Waals surface area (Å²) in [5, 5.41) is 21.7. The van der Waals surface area contributed by atoms with E-state index in [1.165, 1.54) is 0 Å². The van der Waals surface area contributed by atoms with Crippen LogP contribution in [0.15, 0.2) is 0 Å². The molecule has 0 unspecified atom stereocenters. The molecule has 20 heavy (non-hydrogen) atoms. The fraction of sp³-hybridized carbons (Fsp3) is 0.867. The minimum Gasteiger partial charge on any atom is -0.481 e. The molecule has 0 saturated heterocycles. The first kappa shape index (κ1) is 15.3. The molecule has 0 aromatic carbocycles. The number of carbonyl (C=O) groups excluding carboxylic acids is 1. The van der Waals surface area contributed by atoms with Crippen molar-refractivity contribution in [3.05, 3.63) is 0 Å². The molecule has 0 aromatic rings. The van der Waals surface area contributed by atoms with E-state index in [9.17, 15) is 19.8 Å². The molecule has 0 radical (unpaired) electrons. The number of carboxylic acid groups (broad SMARTS) is 1. The van der Waals surface area contributed by atoms with Crippen molar-refractivity contribution in [2.24, 2.45) is 11.3 Å². The third kappa shape index (κ3) is 3.72. The normalized spacial score (nSPS) is 29.1. The van der Waals surface area contributed by atoms with Crippen molar-refractivity contribution in [3.8, 4) is 0 Å². The van der Waals surface area contributed by atoms with Gasteiger partial charge in [-0.1, -0.05) is 12.8 Å². The Balaban J connectivity index is 1.76. The number of carbonyl (C=O) groups is 2. The molecule has 0 heterocycles. The quantitative estimate of drug-likeness (QED) is 0.716. The van der Waals surface area contributed by atoms with Crippen molar-refractivity contribution in [2.75, 3.05) is 6.54 Å². The lowest BCUT2D eigenvalue weighted by molar-refractivity contribution is -0.151. The van der Waals surface area contributed by atoms with Crippen LogP contribution < -0.4 is 5.32 Å². The SMILES string of the molecule is O=C(CC1(C(=O)O)CCCC1)NCC1CCC(O)CC1. The summed E-state index contributed by atoms with van der Waals surface area (Å²) in [5.74, 6) is -0.543. The molecule has 2 fully saturated rings. The predicted molar refractivity (Wildman–Crippen MR) is 74.1 cm³/mol. The number of aliphatic hydroxyl groups is 1. The molecule has 0 aliphatic heterocycles. The molecular weight excluding hydrogens is 258 g/mol. The zero-order valence-electron chi connectivity index (χ0n) is 11.9. The van der Waals surface area contributed by atoms with Crippen molar-refractivity contribution in [2.45, 2.75) is 63.9 Å². The van der Waals surface area contributed by atoms with Gasteiger partial charge in [-0.3, -0.25) is 9.59 Å². The molecule has 0 spiro atoms. The fourth-order valence-corrected chi connectivity index (χ4v) is 3.50. The molecule has 114 valence electrons. The zero-order chi connectivity index (χ0) is 14.6. The summed E-state index contributed by atoms with van der Waals surface area (Å²) < 4.78 is 0. The summed E-state index contributed by atoms with van der Waals surface area (Å²) in [6.45, 7) is 0.612. The maximum atomic E-state index is 12.0. The number of rotatable bonds is 5. The maximum absolute atomic E-state index is 12.0. The summed E-state index contributed by atoms with van der Waals surface area (Å²) in [6, 6.07) is 0. The van der Waals surface area contributed by atoms with Crippen LogP contribution in [-0.4, -0.2) is 34.7 Å². The zero-order valence-corrected chi connectivity index (χ0v) is 11.9. The Hall–Kier alpha value is -1.10. The van der Waals surface area contributed by atoms with E-state index in [1.54, 1.807) is 0 Å². The van der Waals surface area contributed by atoms with Crippen LogP contribution in [0.5, 0.6) is 0 Å². The molecule has 0 aromatic heterocycles. The summed E-state index contributed by atoms with van der Waals surface area (Å²) in [7, 11) is 0. The number of amides is 1. The Labute approximate surface area is 119 Å². The van der Waals surface area contributed by atoms with E-state index in [0.717, 1.165) is 38.5 Å². The molecule has 2 saturated carbocycles. The monoisotopic (exact) mass is 283 g/mol. The Bertz CT molecular complexity index is 355. The van der Waals surface area contributed by atoms with Gasteiger partial charge in [0.2, 0.25) is 5.91 Å². The van der Waals surface area contributed by atoms with E-state index in [2.05, 4.69) is 5.32 Å². The van der Waals surface area contributed by atoms with Crippen molar-refractivity contribution < 1.29 is 19.8 Å². The average molecular weight is 283 g/mol. The van der Waals surface area contributed by atoms with Gasteiger partial charge in [-0.25, -0.2) is 0 Å². The highest BCUT2D eigenvalue weighted by atomic mass is 16.4. The molecule has 0 bridgehead atoms. The number of carboxylic acids is 1. The van der Waals surface area contributed by atoms with Crippen molar-refractivity contribution >= 4 is 11.9 Å². The van der Waals surface area contributed by atoms with Crippen molar-refractivity contribution in [1.82, 2.24) is 5.32 Å². The molecule has 2 rings (SSSR count). The second-order valence-electron chi connectivity index (χ2n) is 6.45. The molecule has 0 atom stereocenters. The van der Waals surface area contributed by atoms with E-state index < -0.39 is 11.4 Å². The number of aliphatic hydroxyl groups excluding tert-OH is 1. The topological polar surface area (TPSA) is 86.6 Å². The second kappa shape index (κ2) is 6.57. The van der Waals surface area contributed by atoms with Crippen LogP contribution in [0.4, 0.5) is 0 Å². The van der Waals surface area contributed by atoms with Crippen LogP contribution in [0.1, 0.15) is 57.8 Å². The minimum atomic E-state index is -0.828. The van der Waals surface area contributed by atoms with E-state index in [1.807, 2.05) is 0 Å². The third-order valence-corrected chi connectivity index (χ3v) is 4.92.